The molecule has 1 heterocycles. The summed E-state index contributed by atoms with van der Waals surface area (Å²) in [6.07, 6.45) is 1.62. The molecule has 0 bridgehead atoms. The predicted molar refractivity (Wildman–Crippen MR) is 107 cm³/mol. The Hall–Kier alpha value is -2.54. The third-order valence-electron chi connectivity index (χ3n) is 4.51. The van der Waals surface area contributed by atoms with Crippen LogP contribution in [-0.2, 0) is 21.2 Å². The van der Waals surface area contributed by atoms with Gasteiger partial charge in [0.05, 0.1) is 11.4 Å². The first-order valence-electron chi connectivity index (χ1n) is 9.01. The Morgan fingerprint density at radius 3 is 2.78 bits per heavy atom. The number of nitrogens with zero attached hydrogens (tertiary/aromatic N) is 1. The van der Waals surface area contributed by atoms with Crippen molar-refractivity contribution in [3.8, 4) is 5.75 Å². The van der Waals surface area contributed by atoms with E-state index in [4.69, 9.17) is 4.74 Å². The van der Waals surface area contributed by atoms with Crippen molar-refractivity contribution in [1.29, 1.82) is 0 Å². The fourth-order valence-electron chi connectivity index (χ4n) is 3.11. The number of anilines is 2. The largest absolute Gasteiger partial charge is 0.484 e. The SMILES string of the molecule is CCS(=O)(=O)N1CCCc2ccc(NC(=O)COc3cccc(C)c3)cc21. The van der Waals surface area contributed by atoms with Crippen molar-refractivity contribution in [3.63, 3.8) is 0 Å². The first-order chi connectivity index (χ1) is 12.9. The number of nitrogens with one attached hydrogen (secondary N) is 1. The molecule has 7 heteroatoms. The van der Waals surface area contributed by atoms with Crippen molar-refractivity contribution in [2.24, 2.45) is 0 Å². The number of carbonyl (C=O) groups excluding carboxylic acids is 1. The van der Waals surface area contributed by atoms with E-state index in [1.165, 1.54) is 4.31 Å². The summed E-state index contributed by atoms with van der Waals surface area (Å²) in [5, 5.41) is 2.78. The van der Waals surface area contributed by atoms with Crippen LogP contribution in [0.4, 0.5) is 11.4 Å². The summed E-state index contributed by atoms with van der Waals surface area (Å²) in [5.74, 6) is 0.390. The second-order valence-corrected chi connectivity index (χ2v) is 8.76. The van der Waals surface area contributed by atoms with Crippen molar-refractivity contribution >= 4 is 27.3 Å². The fourth-order valence-corrected chi connectivity index (χ4v) is 4.30. The van der Waals surface area contributed by atoms with E-state index in [2.05, 4.69) is 5.32 Å². The average molecular weight is 388 g/mol. The highest BCUT2D eigenvalue weighted by Gasteiger charge is 2.26. The highest BCUT2D eigenvalue weighted by molar-refractivity contribution is 7.92. The van der Waals surface area contributed by atoms with Crippen LogP contribution in [0, 0.1) is 6.92 Å². The molecule has 2 aromatic carbocycles. The maximum absolute atomic E-state index is 12.4. The van der Waals surface area contributed by atoms with Crippen LogP contribution in [0.25, 0.3) is 0 Å². The maximum Gasteiger partial charge on any atom is 0.262 e. The number of sulfonamides is 1. The monoisotopic (exact) mass is 388 g/mol. The van der Waals surface area contributed by atoms with E-state index in [-0.39, 0.29) is 18.3 Å². The lowest BCUT2D eigenvalue weighted by molar-refractivity contribution is -0.118. The van der Waals surface area contributed by atoms with Gasteiger partial charge in [-0.2, -0.15) is 0 Å². The number of benzene rings is 2. The topological polar surface area (TPSA) is 75.7 Å². The minimum atomic E-state index is -3.33. The summed E-state index contributed by atoms with van der Waals surface area (Å²) in [6.45, 7) is 3.95. The molecule has 1 aliphatic rings. The molecular weight excluding hydrogens is 364 g/mol. The molecule has 6 nitrogen and oxygen atoms in total. The quantitative estimate of drug-likeness (QED) is 0.825. The Balaban J connectivity index is 1.71. The Morgan fingerprint density at radius 1 is 1.22 bits per heavy atom. The highest BCUT2D eigenvalue weighted by atomic mass is 32.2. The van der Waals surface area contributed by atoms with E-state index < -0.39 is 10.0 Å². The molecule has 1 amide bonds. The standard InChI is InChI=1S/C20H24N2O4S/c1-3-27(24,25)22-11-5-7-16-9-10-17(13-19(16)22)21-20(23)14-26-18-8-4-6-15(2)12-18/h4,6,8-10,12-13H,3,5,7,11,14H2,1-2H3,(H,21,23). The van der Waals surface area contributed by atoms with Gasteiger partial charge in [-0.15, -0.1) is 0 Å². The number of carbonyl (C=O) groups is 1. The summed E-state index contributed by atoms with van der Waals surface area (Å²) in [6, 6.07) is 12.9. The van der Waals surface area contributed by atoms with Crippen molar-refractivity contribution in [3.05, 3.63) is 53.6 Å². The highest BCUT2D eigenvalue weighted by Crippen LogP contribution is 2.32. The summed E-state index contributed by atoms with van der Waals surface area (Å²) in [4.78, 5) is 12.2. The van der Waals surface area contributed by atoms with Gasteiger partial charge < -0.3 is 10.1 Å². The van der Waals surface area contributed by atoms with Crippen LogP contribution in [-0.4, -0.2) is 33.2 Å². The van der Waals surface area contributed by atoms with Crippen LogP contribution in [0.5, 0.6) is 5.75 Å². The second-order valence-electron chi connectivity index (χ2n) is 6.57. The molecular formula is C20H24N2O4S. The number of aryl methyl sites for hydroxylation is 2. The van der Waals surface area contributed by atoms with E-state index in [0.29, 0.717) is 23.7 Å². The molecule has 0 saturated carbocycles. The van der Waals surface area contributed by atoms with Gasteiger partial charge in [0.25, 0.3) is 5.91 Å². The van der Waals surface area contributed by atoms with Gasteiger partial charge in [0.15, 0.2) is 6.61 Å². The van der Waals surface area contributed by atoms with Crippen molar-refractivity contribution in [2.75, 3.05) is 28.5 Å². The van der Waals surface area contributed by atoms with Gasteiger partial charge in [0.2, 0.25) is 10.0 Å². The third-order valence-corrected chi connectivity index (χ3v) is 6.29. The molecule has 0 spiro atoms. The Morgan fingerprint density at radius 2 is 2.04 bits per heavy atom. The number of hydrogen-bond acceptors (Lipinski definition) is 4. The van der Waals surface area contributed by atoms with E-state index in [9.17, 15) is 13.2 Å². The number of rotatable bonds is 6. The third kappa shape index (κ3) is 4.60. The van der Waals surface area contributed by atoms with Crippen molar-refractivity contribution in [1.82, 2.24) is 0 Å². The van der Waals surface area contributed by atoms with Crippen LogP contribution < -0.4 is 14.4 Å². The molecule has 0 aromatic heterocycles. The van der Waals surface area contributed by atoms with Crippen LogP contribution in [0.2, 0.25) is 0 Å². The van der Waals surface area contributed by atoms with Gasteiger partial charge in [-0.1, -0.05) is 18.2 Å². The fraction of sp³-hybridized carbons (Fsp3) is 0.350. The number of ether oxygens (including phenoxy) is 1. The first-order valence-corrected chi connectivity index (χ1v) is 10.6. The number of fused-ring (bicyclic) bond motifs is 1. The molecule has 1 N–H and O–H groups in total. The van der Waals surface area contributed by atoms with Crippen LogP contribution >= 0.6 is 0 Å². The zero-order valence-corrected chi connectivity index (χ0v) is 16.4. The predicted octanol–water partition coefficient (Wildman–Crippen LogP) is 3.11. The summed E-state index contributed by atoms with van der Waals surface area (Å²) < 4.78 is 31.7. The molecule has 144 valence electrons. The minimum Gasteiger partial charge on any atom is -0.484 e. The smallest absolute Gasteiger partial charge is 0.262 e. The molecule has 0 radical (unpaired) electrons. The molecule has 0 aliphatic carbocycles. The number of hydrogen-bond donors (Lipinski definition) is 1. The molecule has 0 fully saturated rings. The second kappa shape index (κ2) is 8.00. The van der Waals surface area contributed by atoms with Crippen LogP contribution in [0.3, 0.4) is 0 Å². The molecule has 0 saturated heterocycles. The van der Waals surface area contributed by atoms with E-state index in [1.54, 1.807) is 25.1 Å². The first kappa shape index (κ1) is 19.2. The lowest BCUT2D eigenvalue weighted by atomic mass is 10.0. The average Bonchev–Trinajstić information content (AvgIpc) is 2.66. The Kier molecular flexibility index (Phi) is 5.70. The maximum atomic E-state index is 12.4. The molecule has 2 aromatic rings. The van der Waals surface area contributed by atoms with Gasteiger partial charge in [-0.25, -0.2) is 8.42 Å². The zero-order chi connectivity index (χ0) is 19.4. The van der Waals surface area contributed by atoms with Gasteiger partial charge in [-0.3, -0.25) is 9.10 Å². The Bertz CT molecular complexity index is 941. The Labute approximate surface area is 160 Å². The summed E-state index contributed by atoms with van der Waals surface area (Å²) in [5.41, 5.74) is 3.25. The van der Waals surface area contributed by atoms with Crippen LogP contribution in [0.15, 0.2) is 42.5 Å². The van der Waals surface area contributed by atoms with Crippen molar-refractivity contribution < 1.29 is 17.9 Å². The van der Waals surface area contributed by atoms with Gasteiger partial charge in [0.1, 0.15) is 5.75 Å². The lowest BCUT2D eigenvalue weighted by Gasteiger charge is -2.30. The summed E-state index contributed by atoms with van der Waals surface area (Å²) in [7, 11) is -3.33. The van der Waals surface area contributed by atoms with Crippen molar-refractivity contribution in [2.45, 2.75) is 26.7 Å². The summed E-state index contributed by atoms with van der Waals surface area (Å²) >= 11 is 0. The minimum absolute atomic E-state index is 0.0490. The number of amides is 1. The lowest BCUT2D eigenvalue weighted by Crippen LogP contribution is -2.36. The molecule has 27 heavy (non-hydrogen) atoms. The molecule has 3 rings (SSSR count). The van der Waals surface area contributed by atoms with Crippen LogP contribution in [0.1, 0.15) is 24.5 Å². The van der Waals surface area contributed by atoms with E-state index in [1.807, 2.05) is 31.2 Å². The van der Waals surface area contributed by atoms with Gasteiger partial charge in [0, 0.05) is 12.2 Å². The normalized spacial score (nSPS) is 13.8. The van der Waals surface area contributed by atoms with E-state index in [0.717, 1.165) is 24.0 Å². The molecule has 1 aliphatic heterocycles. The van der Waals surface area contributed by atoms with E-state index >= 15 is 0 Å². The van der Waals surface area contributed by atoms with Gasteiger partial charge >= 0.3 is 0 Å². The van der Waals surface area contributed by atoms with Gasteiger partial charge in [-0.05, 0) is 62.1 Å². The molecule has 0 atom stereocenters. The molecule has 0 unspecified atom stereocenters. The zero-order valence-electron chi connectivity index (χ0n) is 15.6.